The summed E-state index contributed by atoms with van der Waals surface area (Å²) in [6, 6.07) is 15.6. The van der Waals surface area contributed by atoms with Crippen LogP contribution in [0.2, 0.25) is 0 Å². The van der Waals surface area contributed by atoms with E-state index in [1.807, 2.05) is 53.4 Å². The molecule has 2 heterocycles. The summed E-state index contributed by atoms with van der Waals surface area (Å²) in [5, 5.41) is 0. The normalized spacial score (nSPS) is 18.2. The molecule has 0 radical (unpaired) electrons. The van der Waals surface area contributed by atoms with Crippen molar-refractivity contribution < 1.29 is 9.13 Å². The number of benzene rings is 1. The molecule has 3 nitrogen and oxygen atoms in total. The summed E-state index contributed by atoms with van der Waals surface area (Å²) >= 11 is 0. The topological polar surface area (TPSA) is 25.4 Å². The summed E-state index contributed by atoms with van der Waals surface area (Å²) in [7, 11) is 0. The van der Waals surface area contributed by atoms with Crippen LogP contribution < -0.4 is 9.64 Å². The van der Waals surface area contributed by atoms with Crippen LogP contribution in [0.25, 0.3) is 0 Å². The maximum absolute atomic E-state index is 13.2. The highest BCUT2D eigenvalue weighted by molar-refractivity contribution is 5.42. The number of alkyl halides is 1. The van der Waals surface area contributed by atoms with E-state index in [0.29, 0.717) is 25.5 Å². The van der Waals surface area contributed by atoms with Gasteiger partial charge in [-0.15, -0.1) is 0 Å². The summed E-state index contributed by atoms with van der Waals surface area (Å²) < 4.78 is 18.9. The fourth-order valence-corrected chi connectivity index (χ4v) is 2.32. The number of halogens is 1. The molecule has 1 aliphatic rings. The van der Waals surface area contributed by atoms with Gasteiger partial charge in [0.25, 0.3) is 0 Å². The molecule has 1 aromatic heterocycles. The first-order valence-corrected chi connectivity index (χ1v) is 6.84. The smallest absolute Gasteiger partial charge is 0.215 e. The first kappa shape index (κ1) is 12.9. The standard InChI is InChI=1S/C16H17FN2O/c17-14-9-10-19(11-14)15-7-4-8-16(18-15)20-12-13-5-2-1-3-6-13/h1-8,14H,9-12H2. The number of ether oxygens (including phenoxy) is 1. The van der Waals surface area contributed by atoms with Gasteiger partial charge in [-0.25, -0.2) is 4.39 Å². The van der Waals surface area contributed by atoms with Gasteiger partial charge in [0.1, 0.15) is 18.6 Å². The van der Waals surface area contributed by atoms with Crippen LogP contribution in [-0.2, 0) is 6.61 Å². The molecule has 0 aliphatic carbocycles. The van der Waals surface area contributed by atoms with Crippen molar-refractivity contribution in [1.82, 2.24) is 4.98 Å². The van der Waals surface area contributed by atoms with E-state index in [0.717, 1.165) is 17.9 Å². The molecule has 0 saturated carbocycles. The summed E-state index contributed by atoms with van der Waals surface area (Å²) in [6.45, 7) is 1.63. The lowest BCUT2D eigenvalue weighted by molar-refractivity contribution is 0.294. The summed E-state index contributed by atoms with van der Waals surface area (Å²) in [4.78, 5) is 6.40. The second-order valence-electron chi connectivity index (χ2n) is 4.94. The first-order valence-electron chi connectivity index (χ1n) is 6.84. The molecule has 1 aromatic carbocycles. The van der Waals surface area contributed by atoms with Crippen molar-refractivity contribution in [3.63, 3.8) is 0 Å². The molecule has 1 saturated heterocycles. The van der Waals surface area contributed by atoms with Gasteiger partial charge in [-0.3, -0.25) is 0 Å². The molecule has 1 unspecified atom stereocenters. The molecule has 0 N–H and O–H groups in total. The Hall–Kier alpha value is -2.10. The zero-order valence-corrected chi connectivity index (χ0v) is 11.2. The van der Waals surface area contributed by atoms with E-state index in [-0.39, 0.29) is 0 Å². The number of anilines is 1. The lowest BCUT2D eigenvalue weighted by Crippen LogP contribution is -2.21. The van der Waals surface area contributed by atoms with Gasteiger partial charge >= 0.3 is 0 Å². The highest BCUT2D eigenvalue weighted by Gasteiger charge is 2.22. The van der Waals surface area contributed by atoms with E-state index in [1.165, 1.54) is 0 Å². The van der Waals surface area contributed by atoms with E-state index < -0.39 is 6.17 Å². The Bertz CT molecular complexity index is 561. The maximum atomic E-state index is 13.2. The third kappa shape index (κ3) is 3.07. The number of aromatic nitrogens is 1. The van der Waals surface area contributed by atoms with Gasteiger partial charge in [0.05, 0.1) is 6.54 Å². The zero-order valence-electron chi connectivity index (χ0n) is 11.2. The minimum atomic E-state index is -0.745. The Labute approximate surface area is 118 Å². The largest absolute Gasteiger partial charge is 0.473 e. The average molecular weight is 272 g/mol. The van der Waals surface area contributed by atoms with Crippen molar-refractivity contribution in [1.29, 1.82) is 0 Å². The molecule has 104 valence electrons. The van der Waals surface area contributed by atoms with E-state index in [4.69, 9.17) is 4.74 Å². The fourth-order valence-electron chi connectivity index (χ4n) is 2.32. The Balaban J connectivity index is 1.65. The van der Waals surface area contributed by atoms with Gasteiger partial charge in [0, 0.05) is 12.6 Å². The van der Waals surface area contributed by atoms with Crippen LogP contribution in [-0.4, -0.2) is 24.2 Å². The number of pyridine rings is 1. The predicted octanol–water partition coefficient (Wildman–Crippen LogP) is 3.21. The lowest BCUT2D eigenvalue weighted by atomic mass is 10.2. The Morgan fingerprint density at radius 3 is 2.75 bits per heavy atom. The van der Waals surface area contributed by atoms with Crippen molar-refractivity contribution in [2.24, 2.45) is 0 Å². The molecule has 1 aliphatic heterocycles. The SMILES string of the molecule is FC1CCN(c2cccc(OCc3ccccc3)n2)C1. The Morgan fingerprint density at radius 2 is 2.00 bits per heavy atom. The average Bonchev–Trinajstić information content (AvgIpc) is 2.93. The lowest BCUT2D eigenvalue weighted by Gasteiger charge is -2.17. The van der Waals surface area contributed by atoms with E-state index in [1.54, 1.807) is 0 Å². The predicted molar refractivity (Wildman–Crippen MR) is 76.7 cm³/mol. The van der Waals surface area contributed by atoms with Crippen molar-refractivity contribution in [3.8, 4) is 5.88 Å². The molecule has 0 amide bonds. The van der Waals surface area contributed by atoms with E-state index in [9.17, 15) is 4.39 Å². The van der Waals surface area contributed by atoms with Crippen molar-refractivity contribution >= 4 is 5.82 Å². The van der Waals surface area contributed by atoms with Crippen LogP contribution in [0.4, 0.5) is 10.2 Å². The highest BCUT2D eigenvalue weighted by Crippen LogP contribution is 2.22. The molecule has 3 rings (SSSR count). The third-order valence-electron chi connectivity index (χ3n) is 3.39. The molecule has 1 fully saturated rings. The highest BCUT2D eigenvalue weighted by atomic mass is 19.1. The molecule has 0 spiro atoms. The van der Waals surface area contributed by atoms with Crippen LogP contribution >= 0.6 is 0 Å². The van der Waals surface area contributed by atoms with Crippen LogP contribution in [0.15, 0.2) is 48.5 Å². The number of rotatable bonds is 4. The second-order valence-corrected chi connectivity index (χ2v) is 4.94. The monoisotopic (exact) mass is 272 g/mol. The summed E-state index contributed by atoms with van der Waals surface area (Å²) in [5.41, 5.74) is 1.10. The first-order chi connectivity index (χ1) is 9.81. The quantitative estimate of drug-likeness (QED) is 0.854. The minimum absolute atomic E-state index is 0.426. The van der Waals surface area contributed by atoms with Crippen LogP contribution in [0, 0.1) is 0 Å². The van der Waals surface area contributed by atoms with Gasteiger partial charge in [0.15, 0.2) is 0 Å². The maximum Gasteiger partial charge on any atom is 0.215 e. The number of hydrogen-bond acceptors (Lipinski definition) is 3. The van der Waals surface area contributed by atoms with Gasteiger partial charge in [0.2, 0.25) is 5.88 Å². The van der Waals surface area contributed by atoms with Crippen LogP contribution in [0.5, 0.6) is 5.88 Å². The third-order valence-corrected chi connectivity index (χ3v) is 3.39. The van der Waals surface area contributed by atoms with E-state index in [2.05, 4.69) is 4.98 Å². The van der Waals surface area contributed by atoms with Gasteiger partial charge < -0.3 is 9.64 Å². The van der Waals surface area contributed by atoms with Crippen molar-refractivity contribution in [3.05, 3.63) is 54.1 Å². The van der Waals surface area contributed by atoms with E-state index >= 15 is 0 Å². The molecular weight excluding hydrogens is 255 g/mol. The molecule has 20 heavy (non-hydrogen) atoms. The minimum Gasteiger partial charge on any atom is -0.473 e. The molecule has 4 heteroatoms. The molecule has 0 bridgehead atoms. The second kappa shape index (κ2) is 5.90. The number of nitrogens with zero attached hydrogens (tertiary/aromatic N) is 2. The zero-order chi connectivity index (χ0) is 13.8. The van der Waals surface area contributed by atoms with Gasteiger partial charge in [-0.05, 0) is 18.1 Å². The summed E-state index contributed by atoms with van der Waals surface area (Å²) in [6.07, 6.45) is -0.165. The van der Waals surface area contributed by atoms with Crippen molar-refractivity contribution in [2.45, 2.75) is 19.2 Å². The van der Waals surface area contributed by atoms with Crippen molar-refractivity contribution in [2.75, 3.05) is 18.0 Å². The fraction of sp³-hybridized carbons (Fsp3) is 0.312. The summed E-state index contributed by atoms with van der Waals surface area (Å²) in [5.74, 6) is 1.37. The molecular formula is C16H17FN2O. The Morgan fingerprint density at radius 1 is 1.15 bits per heavy atom. The van der Waals surface area contributed by atoms with Crippen LogP contribution in [0.1, 0.15) is 12.0 Å². The molecule has 1 atom stereocenters. The van der Waals surface area contributed by atoms with Gasteiger partial charge in [-0.2, -0.15) is 4.98 Å². The Kier molecular flexibility index (Phi) is 3.81. The van der Waals surface area contributed by atoms with Gasteiger partial charge in [-0.1, -0.05) is 36.4 Å². The molecule has 2 aromatic rings. The number of hydrogen-bond donors (Lipinski definition) is 0. The van der Waals surface area contributed by atoms with Crippen LogP contribution in [0.3, 0.4) is 0 Å².